The van der Waals surface area contributed by atoms with Gasteiger partial charge in [0.25, 0.3) is 5.91 Å². The number of sulfone groups is 1. The van der Waals surface area contributed by atoms with Crippen LogP contribution in [0.3, 0.4) is 0 Å². The minimum atomic E-state index is -3.52. The van der Waals surface area contributed by atoms with Crippen LogP contribution in [0.2, 0.25) is 5.02 Å². The summed E-state index contributed by atoms with van der Waals surface area (Å²) in [6.07, 6.45) is 1.89. The lowest BCUT2D eigenvalue weighted by Gasteiger charge is -2.12. The third-order valence-corrected chi connectivity index (χ3v) is 4.77. The number of para-hydroxylation sites is 2. The second kappa shape index (κ2) is 7.68. The SMILES string of the molecule is CCCOc1ccccc1NC(=O)c1ccc(Cl)c(S(C)(=O)=O)c1. The molecule has 0 aliphatic heterocycles. The van der Waals surface area contributed by atoms with Crippen molar-refractivity contribution in [2.75, 3.05) is 18.2 Å². The summed E-state index contributed by atoms with van der Waals surface area (Å²) in [6.45, 7) is 2.52. The van der Waals surface area contributed by atoms with E-state index < -0.39 is 15.7 Å². The molecule has 7 heteroatoms. The van der Waals surface area contributed by atoms with Gasteiger partial charge in [-0.15, -0.1) is 0 Å². The van der Waals surface area contributed by atoms with Gasteiger partial charge in [-0.25, -0.2) is 8.42 Å². The second-order valence-corrected chi connectivity index (χ2v) is 7.61. The lowest BCUT2D eigenvalue weighted by molar-refractivity contribution is 0.102. The van der Waals surface area contributed by atoms with Crippen molar-refractivity contribution in [3.05, 3.63) is 53.1 Å². The molecule has 1 amide bonds. The Bertz CT molecular complexity index is 849. The summed E-state index contributed by atoms with van der Waals surface area (Å²) < 4.78 is 29.0. The third kappa shape index (κ3) is 4.49. The lowest BCUT2D eigenvalue weighted by atomic mass is 10.2. The van der Waals surface area contributed by atoms with Crippen molar-refractivity contribution in [3.8, 4) is 5.75 Å². The number of carbonyl (C=O) groups excluding carboxylic acids is 1. The van der Waals surface area contributed by atoms with E-state index in [4.69, 9.17) is 16.3 Å². The Labute approximate surface area is 146 Å². The maximum Gasteiger partial charge on any atom is 0.255 e. The highest BCUT2D eigenvalue weighted by Gasteiger charge is 2.16. The largest absolute Gasteiger partial charge is 0.491 e. The van der Waals surface area contributed by atoms with E-state index in [0.29, 0.717) is 18.0 Å². The minimum absolute atomic E-state index is 0.0765. The van der Waals surface area contributed by atoms with Gasteiger partial charge in [-0.1, -0.05) is 30.7 Å². The van der Waals surface area contributed by atoms with E-state index in [1.807, 2.05) is 13.0 Å². The number of halogens is 1. The zero-order valence-electron chi connectivity index (χ0n) is 13.4. The first-order valence-corrected chi connectivity index (χ1v) is 9.62. The predicted molar refractivity (Wildman–Crippen MR) is 94.7 cm³/mol. The Morgan fingerprint density at radius 1 is 1.21 bits per heavy atom. The maximum absolute atomic E-state index is 12.4. The number of amides is 1. The molecule has 0 aromatic heterocycles. The van der Waals surface area contributed by atoms with E-state index >= 15 is 0 Å². The molecular formula is C17H18ClNO4S. The molecule has 0 unspecified atom stereocenters. The lowest BCUT2D eigenvalue weighted by Crippen LogP contribution is -2.14. The fourth-order valence-electron chi connectivity index (χ4n) is 2.03. The molecule has 5 nitrogen and oxygen atoms in total. The van der Waals surface area contributed by atoms with Gasteiger partial charge >= 0.3 is 0 Å². The van der Waals surface area contributed by atoms with Crippen LogP contribution in [0.15, 0.2) is 47.4 Å². The fourth-order valence-corrected chi connectivity index (χ4v) is 3.33. The Kier molecular flexibility index (Phi) is 5.85. The van der Waals surface area contributed by atoms with Gasteiger partial charge in [-0.2, -0.15) is 0 Å². The molecule has 24 heavy (non-hydrogen) atoms. The number of rotatable bonds is 6. The van der Waals surface area contributed by atoms with Gasteiger partial charge in [0.05, 0.1) is 22.2 Å². The molecule has 128 valence electrons. The monoisotopic (exact) mass is 367 g/mol. The standard InChI is InChI=1S/C17H18ClNO4S/c1-3-10-23-15-7-5-4-6-14(15)19-17(20)12-8-9-13(18)16(11-12)24(2,21)22/h4-9,11H,3,10H2,1-2H3,(H,19,20). The van der Waals surface area contributed by atoms with Crippen molar-refractivity contribution in [2.45, 2.75) is 18.2 Å². The topological polar surface area (TPSA) is 72.5 Å². The summed E-state index contributed by atoms with van der Waals surface area (Å²) in [6, 6.07) is 11.2. The number of hydrogen-bond acceptors (Lipinski definition) is 4. The fraction of sp³-hybridized carbons (Fsp3) is 0.235. The molecule has 0 fully saturated rings. The molecule has 0 saturated carbocycles. The van der Waals surface area contributed by atoms with Gasteiger partial charge in [-0.05, 0) is 36.8 Å². The first-order chi connectivity index (χ1) is 11.3. The number of benzene rings is 2. The quantitative estimate of drug-likeness (QED) is 0.843. The summed E-state index contributed by atoms with van der Waals surface area (Å²) in [5, 5.41) is 2.82. The molecule has 0 atom stereocenters. The van der Waals surface area contributed by atoms with Crippen molar-refractivity contribution >= 4 is 33.0 Å². The van der Waals surface area contributed by atoms with E-state index in [9.17, 15) is 13.2 Å². The zero-order chi connectivity index (χ0) is 17.7. The summed E-state index contributed by atoms with van der Waals surface area (Å²) in [7, 11) is -3.52. The van der Waals surface area contributed by atoms with Gasteiger partial charge in [0.1, 0.15) is 5.75 Å². The normalized spacial score (nSPS) is 11.1. The summed E-state index contributed by atoms with van der Waals surface area (Å²) in [5.74, 6) is 0.120. The average molecular weight is 368 g/mol. The Balaban J connectivity index is 2.28. The van der Waals surface area contributed by atoms with E-state index in [0.717, 1.165) is 12.7 Å². The smallest absolute Gasteiger partial charge is 0.255 e. The van der Waals surface area contributed by atoms with Gasteiger partial charge in [0, 0.05) is 11.8 Å². The van der Waals surface area contributed by atoms with Gasteiger partial charge in [0.2, 0.25) is 0 Å². The van der Waals surface area contributed by atoms with E-state index in [-0.39, 0.29) is 15.5 Å². The van der Waals surface area contributed by atoms with Crippen molar-refractivity contribution in [1.82, 2.24) is 0 Å². The molecule has 0 aliphatic rings. The molecule has 0 radical (unpaired) electrons. The Morgan fingerprint density at radius 3 is 2.58 bits per heavy atom. The van der Waals surface area contributed by atoms with Crippen LogP contribution in [-0.2, 0) is 9.84 Å². The molecule has 0 saturated heterocycles. The molecule has 2 aromatic carbocycles. The number of ether oxygens (including phenoxy) is 1. The minimum Gasteiger partial charge on any atom is -0.491 e. The van der Waals surface area contributed by atoms with Crippen LogP contribution in [0.4, 0.5) is 5.69 Å². The van der Waals surface area contributed by atoms with Crippen molar-refractivity contribution < 1.29 is 17.9 Å². The predicted octanol–water partition coefficient (Wildman–Crippen LogP) is 3.78. The van der Waals surface area contributed by atoms with Crippen LogP contribution < -0.4 is 10.1 Å². The zero-order valence-corrected chi connectivity index (χ0v) is 14.9. The molecule has 0 spiro atoms. The van der Waals surface area contributed by atoms with E-state index in [1.54, 1.807) is 18.2 Å². The van der Waals surface area contributed by atoms with Crippen molar-refractivity contribution in [2.24, 2.45) is 0 Å². The summed E-state index contributed by atoms with van der Waals surface area (Å²) in [5.41, 5.74) is 0.719. The van der Waals surface area contributed by atoms with Gasteiger partial charge in [0.15, 0.2) is 9.84 Å². The Hall–Kier alpha value is -2.05. The molecule has 0 aliphatic carbocycles. The van der Waals surface area contributed by atoms with Crippen LogP contribution in [-0.4, -0.2) is 27.2 Å². The summed E-state index contributed by atoms with van der Waals surface area (Å²) >= 11 is 5.90. The molecule has 0 heterocycles. The van der Waals surface area contributed by atoms with Crippen LogP contribution in [0, 0.1) is 0 Å². The van der Waals surface area contributed by atoms with Crippen molar-refractivity contribution in [1.29, 1.82) is 0 Å². The number of anilines is 1. The van der Waals surface area contributed by atoms with Crippen LogP contribution >= 0.6 is 11.6 Å². The average Bonchev–Trinajstić information content (AvgIpc) is 2.53. The summed E-state index contributed by atoms with van der Waals surface area (Å²) in [4.78, 5) is 12.3. The van der Waals surface area contributed by atoms with Crippen molar-refractivity contribution in [3.63, 3.8) is 0 Å². The number of nitrogens with one attached hydrogen (secondary N) is 1. The first kappa shape index (κ1) is 18.3. The molecule has 0 bridgehead atoms. The number of carbonyl (C=O) groups is 1. The molecular weight excluding hydrogens is 350 g/mol. The number of hydrogen-bond donors (Lipinski definition) is 1. The van der Waals surface area contributed by atoms with Gasteiger partial charge in [-0.3, -0.25) is 4.79 Å². The molecule has 2 aromatic rings. The maximum atomic E-state index is 12.4. The van der Waals surface area contributed by atoms with Crippen LogP contribution in [0.5, 0.6) is 5.75 Å². The van der Waals surface area contributed by atoms with Crippen LogP contribution in [0.25, 0.3) is 0 Å². The second-order valence-electron chi connectivity index (χ2n) is 5.22. The van der Waals surface area contributed by atoms with Crippen LogP contribution in [0.1, 0.15) is 23.7 Å². The highest BCUT2D eigenvalue weighted by Crippen LogP contribution is 2.26. The molecule has 2 rings (SSSR count). The van der Waals surface area contributed by atoms with Gasteiger partial charge < -0.3 is 10.1 Å². The van der Waals surface area contributed by atoms with E-state index in [1.165, 1.54) is 18.2 Å². The third-order valence-electron chi connectivity index (χ3n) is 3.19. The highest BCUT2D eigenvalue weighted by molar-refractivity contribution is 7.90. The first-order valence-electron chi connectivity index (χ1n) is 7.35. The molecule has 1 N–H and O–H groups in total. The van der Waals surface area contributed by atoms with E-state index in [2.05, 4.69) is 5.32 Å². The highest BCUT2D eigenvalue weighted by atomic mass is 35.5. The Morgan fingerprint density at radius 2 is 1.92 bits per heavy atom.